The molecule has 38 heavy (non-hydrogen) atoms. The fourth-order valence-corrected chi connectivity index (χ4v) is 7.76. The minimum Gasteiger partial charge on any atom is -0.435 e. The summed E-state index contributed by atoms with van der Waals surface area (Å²) in [4.78, 5) is 50.3. The number of carbonyl (C=O) groups excluding carboxylic acids is 4. The SMILES string of the molecule is CCCOC(=O)OCC(=O)[C@@]1(OC(=O)OCC)CC[C@H]2[C@@H]3C[C@H](F)C4=CC(=O)C=C[C@]4(C)[C@H]3C(O)C[C@@]21C. The largest absolute Gasteiger partial charge is 0.509 e. The standard InChI is InChI=1S/C28H37FO9/c1-5-11-36-24(33)37-15-22(32)28(38-25(34)35-6-2)10-8-18-17-13-20(29)19-12-16(30)7-9-26(19,3)23(17)21(31)14-27(18,28)4/h7,9,12,17-18,20-21,23,31H,5-6,8,10-11,13-15H2,1-4H3/t17-,18-,20-,21?,23+,26-,27-,28-/m0/s1. The maximum atomic E-state index is 15.6. The van der Waals surface area contributed by atoms with Crippen LogP contribution in [0.5, 0.6) is 0 Å². The van der Waals surface area contributed by atoms with Crippen LogP contribution >= 0.6 is 0 Å². The van der Waals surface area contributed by atoms with Crippen LogP contribution in [0.15, 0.2) is 23.8 Å². The number of halogens is 1. The molecule has 4 rings (SSSR count). The highest BCUT2D eigenvalue weighted by molar-refractivity contribution is 6.01. The van der Waals surface area contributed by atoms with E-state index in [-0.39, 0.29) is 50.1 Å². The zero-order valence-corrected chi connectivity index (χ0v) is 22.4. The maximum Gasteiger partial charge on any atom is 0.509 e. The first-order valence-corrected chi connectivity index (χ1v) is 13.4. The second-order valence-corrected chi connectivity index (χ2v) is 11.3. The summed E-state index contributed by atoms with van der Waals surface area (Å²) >= 11 is 0. The zero-order valence-electron chi connectivity index (χ0n) is 22.4. The highest BCUT2D eigenvalue weighted by Crippen LogP contribution is 2.68. The third-order valence-electron chi connectivity index (χ3n) is 9.31. The predicted octanol–water partition coefficient (Wildman–Crippen LogP) is 4.26. The normalized spacial score (nSPS) is 39.3. The minimum absolute atomic E-state index is 0.0263. The molecule has 0 amide bonds. The molecule has 3 fully saturated rings. The third-order valence-corrected chi connectivity index (χ3v) is 9.31. The molecule has 1 N–H and O–H groups in total. The molecule has 0 heterocycles. The summed E-state index contributed by atoms with van der Waals surface area (Å²) in [6.45, 7) is 6.51. The Morgan fingerprint density at radius 2 is 1.87 bits per heavy atom. The lowest BCUT2D eigenvalue weighted by atomic mass is 9.46. The molecule has 0 aromatic heterocycles. The van der Waals surface area contributed by atoms with Gasteiger partial charge in [0.15, 0.2) is 18.0 Å². The van der Waals surface area contributed by atoms with Crippen molar-refractivity contribution in [2.75, 3.05) is 19.8 Å². The van der Waals surface area contributed by atoms with Gasteiger partial charge in [-0.2, -0.15) is 0 Å². The highest BCUT2D eigenvalue weighted by Gasteiger charge is 2.71. The quantitative estimate of drug-likeness (QED) is 0.475. The Kier molecular flexibility index (Phi) is 7.76. The summed E-state index contributed by atoms with van der Waals surface area (Å²) in [5, 5.41) is 11.6. The van der Waals surface area contributed by atoms with Crippen LogP contribution in [0.3, 0.4) is 0 Å². The Morgan fingerprint density at radius 1 is 1.13 bits per heavy atom. The number of carbonyl (C=O) groups is 4. The molecule has 0 saturated heterocycles. The van der Waals surface area contributed by atoms with Gasteiger partial charge in [0.25, 0.3) is 0 Å². The van der Waals surface area contributed by atoms with Crippen molar-refractivity contribution in [3.63, 3.8) is 0 Å². The van der Waals surface area contributed by atoms with Crippen molar-refractivity contribution < 1.29 is 47.6 Å². The molecule has 9 nitrogen and oxygen atoms in total. The number of Topliss-reactive ketones (excluding diaryl/α,β-unsaturated/α-hetero) is 1. The lowest BCUT2D eigenvalue weighted by Crippen LogP contribution is -2.64. The van der Waals surface area contributed by atoms with Gasteiger partial charge in [0.1, 0.15) is 6.17 Å². The van der Waals surface area contributed by atoms with Crippen molar-refractivity contribution in [3.8, 4) is 0 Å². The zero-order chi connectivity index (χ0) is 27.9. The van der Waals surface area contributed by atoms with Crippen molar-refractivity contribution in [2.45, 2.75) is 77.7 Å². The molecule has 210 valence electrons. The van der Waals surface area contributed by atoms with Gasteiger partial charge in [-0.05, 0) is 68.6 Å². The van der Waals surface area contributed by atoms with Crippen molar-refractivity contribution in [1.29, 1.82) is 0 Å². The van der Waals surface area contributed by atoms with Gasteiger partial charge in [0, 0.05) is 16.7 Å². The molecule has 0 aliphatic heterocycles. The van der Waals surface area contributed by atoms with Gasteiger partial charge in [0.05, 0.1) is 19.3 Å². The Bertz CT molecular complexity index is 1050. The second kappa shape index (κ2) is 10.4. The van der Waals surface area contributed by atoms with E-state index in [1.165, 1.54) is 12.2 Å². The van der Waals surface area contributed by atoms with Crippen LogP contribution in [0, 0.1) is 28.6 Å². The third kappa shape index (κ3) is 4.44. The average molecular weight is 537 g/mol. The number of ketones is 2. The van der Waals surface area contributed by atoms with Crippen molar-refractivity contribution in [1.82, 2.24) is 0 Å². The number of hydrogen-bond donors (Lipinski definition) is 1. The lowest BCUT2D eigenvalue weighted by molar-refractivity contribution is -0.186. The van der Waals surface area contributed by atoms with Crippen molar-refractivity contribution >= 4 is 23.9 Å². The smallest absolute Gasteiger partial charge is 0.435 e. The minimum atomic E-state index is -1.75. The summed E-state index contributed by atoms with van der Waals surface area (Å²) < 4.78 is 36.3. The molecular weight excluding hydrogens is 499 g/mol. The first-order chi connectivity index (χ1) is 17.9. The van der Waals surface area contributed by atoms with E-state index in [2.05, 4.69) is 0 Å². The topological polar surface area (TPSA) is 125 Å². The van der Waals surface area contributed by atoms with Gasteiger partial charge >= 0.3 is 12.3 Å². The summed E-state index contributed by atoms with van der Waals surface area (Å²) in [6.07, 6.45) is 1.32. The Labute approximate surface area is 221 Å². The van der Waals surface area contributed by atoms with Crippen LogP contribution < -0.4 is 0 Å². The predicted molar refractivity (Wildman–Crippen MR) is 132 cm³/mol. The number of allylic oxidation sites excluding steroid dienone is 4. The molecule has 0 spiro atoms. The lowest BCUT2D eigenvalue weighted by Gasteiger charge is -2.60. The molecular formula is C28H37FO9. The number of ether oxygens (including phenoxy) is 4. The van der Waals surface area contributed by atoms with E-state index in [0.29, 0.717) is 18.4 Å². The molecule has 1 unspecified atom stereocenters. The first-order valence-electron chi connectivity index (χ1n) is 13.4. The van der Waals surface area contributed by atoms with Crippen molar-refractivity contribution in [3.05, 3.63) is 23.8 Å². The molecule has 8 atom stereocenters. The molecule has 0 bridgehead atoms. The molecule has 0 aromatic carbocycles. The summed E-state index contributed by atoms with van der Waals surface area (Å²) in [6, 6.07) is 0. The van der Waals surface area contributed by atoms with Gasteiger partial charge in [-0.15, -0.1) is 0 Å². The first kappa shape index (κ1) is 28.3. The molecule has 0 aromatic rings. The fraction of sp³-hybridized carbons (Fsp3) is 0.714. The number of fused-ring (bicyclic) bond motifs is 5. The van der Waals surface area contributed by atoms with Crippen LogP contribution in [0.4, 0.5) is 14.0 Å². The maximum absolute atomic E-state index is 15.6. The van der Waals surface area contributed by atoms with E-state index >= 15 is 4.39 Å². The van der Waals surface area contributed by atoms with Gasteiger partial charge in [-0.3, -0.25) is 9.59 Å². The molecule has 10 heteroatoms. The Morgan fingerprint density at radius 3 is 2.55 bits per heavy atom. The average Bonchev–Trinajstić information content (AvgIpc) is 3.14. The summed E-state index contributed by atoms with van der Waals surface area (Å²) in [5.74, 6) is -1.95. The van der Waals surface area contributed by atoms with Crippen LogP contribution in [0.1, 0.15) is 59.8 Å². The fourth-order valence-electron chi connectivity index (χ4n) is 7.76. The van der Waals surface area contributed by atoms with E-state index < -0.39 is 59.3 Å². The van der Waals surface area contributed by atoms with Crippen LogP contribution in [0.25, 0.3) is 0 Å². The summed E-state index contributed by atoms with van der Waals surface area (Å²) in [7, 11) is 0. The van der Waals surface area contributed by atoms with E-state index in [9.17, 15) is 24.3 Å². The number of rotatable bonds is 7. The number of aliphatic hydroxyl groups excluding tert-OH is 1. The van der Waals surface area contributed by atoms with Crippen molar-refractivity contribution in [2.24, 2.45) is 28.6 Å². The van der Waals surface area contributed by atoms with E-state index in [0.717, 1.165) is 0 Å². The van der Waals surface area contributed by atoms with Gasteiger partial charge < -0.3 is 24.1 Å². The number of aliphatic hydroxyl groups is 1. The molecule has 4 aliphatic rings. The number of hydrogen-bond acceptors (Lipinski definition) is 9. The molecule has 0 radical (unpaired) electrons. The van der Waals surface area contributed by atoms with Crippen LogP contribution in [-0.4, -0.2) is 66.7 Å². The Hall–Kier alpha value is -2.75. The van der Waals surface area contributed by atoms with E-state index in [4.69, 9.17) is 18.9 Å². The Balaban J connectivity index is 1.68. The van der Waals surface area contributed by atoms with E-state index in [1.54, 1.807) is 19.9 Å². The second-order valence-electron chi connectivity index (χ2n) is 11.3. The number of alkyl halides is 1. The van der Waals surface area contributed by atoms with Gasteiger partial charge in [0.2, 0.25) is 5.78 Å². The monoisotopic (exact) mass is 536 g/mol. The van der Waals surface area contributed by atoms with Gasteiger partial charge in [-0.25, -0.2) is 14.0 Å². The van der Waals surface area contributed by atoms with E-state index in [1.807, 2.05) is 13.8 Å². The highest BCUT2D eigenvalue weighted by atomic mass is 19.1. The van der Waals surface area contributed by atoms with Crippen LogP contribution in [0.2, 0.25) is 0 Å². The molecule has 3 saturated carbocycles. The molecule has 4 aliphatic carbocycles. The summed E-state index contributed by atoms with van der Waals surface area (Å²) in [5.41, 5.74) is -3.32. The van der Waals surface area contributed by atoms with Crippen LogP contribution in [-0.2, 0) is 28.5 Å². The van der Waals surface area contributed by atoms with Gasteiger partial charge in [-0.1, -0.05) is 26.8 Å².